The first-order valence-corrected chi connectivity index (χ1v) is 8.23. The number of benzene rings is 1. The third-order valence-electron chi connectivity index (χ3n) is 3.75. The minimum Gasteiger partial charge on any atom is -0.493 e. The zero-order valence-electron chi connectivity index (χ0n) is 14.1. The van der Waals surface area contributed by atoms with Gasteiger partial charge in [-0.1, -0.05) is 0 Å². The number of carbonyl (C=O) groups excluding carboxylic acids is 1. The molecule has 0 aliphatic rings. The number of carbonyl (C=O) groups is 1. The first-order valence-electron chi connectivity index (χ1n) is 7.41. The fourth-order valence-electron chi connectivity index (χ4n) is 2.52. The average molecular weight is 345 g/mol. The summed E-state index contributed by atoms with van der Waals surface area (Å²) in [4.78, 5) is 15.0. The number of rotatable bonds is 5. The van der Waals surface area contributed by atoms with Gasteiger partial charge >= 0.3 is 0 Å². The van der Waals surface area contributed by atoms with Crippen LogP contribution in [0.5, 0.6) is 11.5 Å². The van der Waals surface area contributed by atoms with Gasteiger partial charge in [-0.25, -0.2) is 0 Å². The first kappa shape index (κ1) is 16.3. The highest BCUT2D eigenvalue weighted by molar-refractivity contribution is 7.20. The average Bonchev–Trinajstić information content (AvgIpc) is 3.17. The van der Waals surface area contributed by atoms with Gasteiger partial charge in [0.1, 0.15) is 0 Å². The van der Waals surface area contributed by atoms with Crippen molar-refractivity contribution in [1.29, 1.82) is 0 Å². The second kappa shape index (κ2) is 6.52. The van der Waals surface area contributed by atoms with E-state index in [0.717, 1.165) is 15.8 Å². The smallest absolute Gasteiger partial charge is 0.264 e. The molecule has 0 radical (unpaired) electrons. The lowest BCUT2D eigenvalue weighted by atomic mass is 10.2. The number of fused-ring (bicyclic) bond motifs is 1. The van der Waals surface area contributed by atoms with Crippen LogP contribution in [0.2, 0.25) is 0 Å². The molecule has 0 saturated heterocycles. The molecule has 0 aliphatic carbocycles. The molecule has 1 aromatic carbocycles. The summed E-state index contributed by atoms with van der Waals surface area (Å²) in [6.07, 6.45) is 1.87. The molecule has 7 heteroatoms. The van der Waals surface area contributed by atoms with E-state index in [1.807, 2.05) is 37.5 Å². The summed E-state index contributed by atoms with van der Waals surface area (Å²) in [6, 6.07) is 7.58. The van der Waals surface area contributed by atoms with Crippen molar-refractivity contribution >= 4 is 27.3 Å². The van der Waals surface area contributed by atoms with Crippen LogP contribution in [0.25, 0.3) is 10.1 Å². The second-order valence-electron chi connectivity index (χ2n) is 5.50. The van der Waals surface area contributed by atoms with Gasteiger partial charge in [0.05, 0.1) is 31.3 Å². The van der Waals surface area contributed by atoms with Gasteiger partial charge in [0.25, 0.3) is 5.91 Å². The Morgan fingerprint density at radius 1 is 1.25 bits per heavy atom. The van der Waals surface area contributed by atoms with Crippen molar-refractivity contribution in [2.24, 2.45) is 7.05 Å². The van der Waals surface area contributed by atoms with Crippen molar-refractivity contribution in [2.75, 3.05) is 21.3 Å². The molecule has 0 saturated carbocycles. The quantitative estimate of drug-likeness (QED) is 0.713. The molecular formula is C17H19N3O3S. The maximum atomic E-state index is 12.7. The third-order valence-corrected chi connectivity index (χ3v) is 4.83. The van der Waals surface area contributed by atoms with Crippen molar-refractivity contribution in [3.05, 3.63) is 41.0 Å². The van der Waals surface area contributed by atoms with Gasteiger partial charge in [-0.15, -0.1) is 11.3 Å². The van der Waals surface area contributed by atoms with E-state index in [1.54, 1.807) is 30.8 Å². The molecule has 0 atom stereocenters. The Bertz CT molecular complexity index is 843. The Kier molecular flexibility index (Phi) is 4.44. The van der Waals surface area contributed by atoms with Crippen molar-refractivity contribution in [3.8, 4) is 11.5 Å². The SMILES string of the molecule is COc1cc2cc(C(=O)N(C)Cc3ccn(C)n3)sc2cc1OC. The van der Waals surface area contributed by atoms with Crippen LogP contribution in [0.4, 0.5) is 0 Å². The molecule has 126 valence electrons. The van der Waals surface area contributed by atoms with E-state index < -0.39 is 0 Å². The Balaban J connectivity index is 1.86. The van der Waals surface area contributed by atoms with Gasteiger partial charge in [-0.2, -0.15) is 5.10 Å². The highest BCUT2D eigenvalue weighted by Gasteiger charge is 2.17. The Labute approximate surface area is 144 Å². The summed E-state index contributed by atoms with van der Waals surface area (Å²) >= 11 is 1.45. The Hall–Kier alpha value is -2.54. The molecule has 0 unspecified atom stereocenters. The van der Waals surface area contributed by atoms with Crippen LogP contribution in [0.15, 0.2) is 30.5 Å². The molecule has 0 N–H and O–H groups in total. The van der Waals surface area contributed by atoms with Crippen LogP contribution in [-0.4, -0.2) is 41.9 Å². The lowest BCUT2D eigenvalue weighted by Gasteiger charge is -2.14. The first-order chi connectivity index (χ1) is 11.5. The lowest BCUT2D eigenvalue weighted by molar-refractivity contribution is 0.0788. The fraction of sp³-hybridized carbons (Fsp3) is 0.294. The predicted octanol–water partition coefficient (Wildman–Crippen LogP) is 2.92. The van der Waals surface area contributed by atoms with Gasteiger partial charge in [0.2, 0.25) is 0 Å². The van der Waals surface area contributed by atoms with Crippen molar-refractivity contribution < 1.29 is 14.3 Å². The topological polar surface area (TPSA) is 56.6 Å². The van der Waals surface area contributed by atoms with E-state index in [1.165, 1.54) is 11.3 Å². The molecule has 24 heavy (non-hydrogen) atoms. The van der Waals surface area contributed by atoms with Gasteiger partial charge in [-0.05, 0) is 23.6 Å². The van der Waals surface area contributed by atoms with E-state index in [9.17, 15) is 4.79 Å². The number of aryl methyl sites for hydroxylation is 1. The number of methoxy groups -OCH3 is 2. The maximum absolute atomic E-state index is 12.7. The normalized spacial score (nSPS) is 10.8. The zero-order valence-corrected chi connectivity index (χ0v) is 14.9. The summed E-state index contributed by atoms with van der Waals surface area (Å²) < 4.78 is 13.4. The minimum absolute atomic E-state index is 0.0280. The molecule has 0 fully saturated rings. The maximum Gasteiger partial charge on any atom is 0.264 e. The van der Waals surface area contributed by atoms with Gasteiger partial charge in [-0.3, -0.25) is 9.48 Å². The molecule has 0 spiro atoms. The van der Waals surface area contributed by atoms with Crippen LogP contribution in [0, 0.1) is 0 Å². The summed E-state index contributed by atoms with van der Waals surface area (Å²) in [5.41, 5.74) is 0.859. The number of thiophene rings is 1. The van der Waals surface area contributed by atoms with E-state index in [4.69, 9.17) is 9.47 Å². The van der Waals surface area contributed by atoms with Crippen molar-refractivity contribution in [2.45, 2.75) is 6.54 Å². The summed E-state index contributed by atoms with van der Waals surface area (Å²) in [7, 11) is 6.84. The van der Waals surface area contributed by atoms with E-state index >= 15 is 0 Å². The second-order valence-corrected chi connectivity index (χ2v) is 6.58. The van der Waals surface area contributed by atoms with Gasteiger partial charge < -0.3 is 14.4 Å². The van der Waals surface area contributed by atoms with E-state index in [0.29, 0.717) is 22.9 Å². The number of aromatic nitrogens is 2. The van der Waals surface area contributed by atoms with Crippen LogP contribution in [0.3, 0.4) is 0 Å². The van der Waals surface area contributed by atoms with Crippen molar-refractivity contribution in [3.63, 3.8) is 0 Å². The van der Waals surface area contributed by atoms with Crippen LogP contribution in [-0.2, 0) is 13.6 Å². The van der Waals surface area contributed by atoms with Crippen LogP contribution < -0.4 is 9.47 Å². The molecule has 6 nitrogen and oxygen atoms in total. The number of hydrogen-bond acceptors (Lipinski definition) is 5. The molecular weight excluding hydrogens is 326 g/mol. The number of nitrogens with zero attached hydrogens (tertiary/aromatic N) is 3. The monoisotopic (exact) mass is 345 g/mol. The summed E-state index contributed by atoms with van der Waals surface area (Å²) in [6.45, 7) is 0.473. The largest absolute Gasteiger partial charge is 0.493 e. The van der Waals surface area contributed by atoms with Crippen molar-refractivity contribution in [1.82, 2.24) is 14.7 Å². The highest BCUT2D eigenvalue weighted by Crippen LogP contribution is 2.36. The number of hydrogen-bond donors (Lipinski definition) is 0. The third kappa shape index (κ3) is 3.07. The molecule has 0 aliphatic heterocycles. The van der Waals surface area contributed by atoms with Crippen LogP contribution >= 0.6 is 11.3 Å². The van der Waals surface area contributed by atoms with E-state index in [-0.39, 0.29) is 5.91 Å². The van der Waals surface area contributed by atoms with Gasteiger partial charge in [0.15, 0.2) is 11.5 Å². The Morgan fingerprint density at radius 3 is 2.58 bits per heavy atom. The molecule has 2 heterocycles. The zero-order chi connectivity index (χ0) is 17.3. The molecule has 0 bridgehead atoms. The van der Waals surface area contributed by atoms with E-state index in [2.05, 4.69) is 5.10 Å². The predicted molar refractivity (Wildman–Crippen MR) is 93.9 cm³/mol. The molecule has 1 amide bonds. The lowest BCUT2D eigenvalue weighted by Crippen LogP contribution is -2.25. The molecule has 2 aromatic heterocycles. The molecule has 3 aromatic rings. The standard InChI is InChI=1S/C17H19N3O3S/c1-19(10-12-5-6-20(2)18-12)17(21)16-8-11-7-13(22-3)14(23-4)9-15(11)24-16/h5-9H,10H2,1-4H3. The number of ether oxygens (including phenoxy) is 2. The minimum atomic E-state index is -0.0280. The van der Waals surface area contributed by atoms with Crippen LogP contribution in [0.1, 0.15) is 15.4 Å². The van der Waals surface area contributed by atoms with Gasteiger partial charge in [0, 0.05) is 31.1 Å². The molecule has 3 rings (SSSR count). The summed E-state index contributed by atoms with van der Waals surface area (Å²) in [5, 5.41) is 5.27. The Morgan fingerprint density at radius 2 is 1.96 bits per heavy atom. The fourth-order valence-corrected chi connectivity index (χ4v) is 3.59. The number of amides is 1. The highest BCUT2D eigenvalue weighted by atomic mass is 32.1. The summed E-state index contributed by atoms with van der Waals surface area (Å²) in [5.74, 6) is 1.29.